The van der Waals surface area contributed by atoms with E-state index < -0.39 is 0 Å². The molecule has 0 amide bonds. The zero-order valence-corrected chi connectivity index (χ0v) is 13.8. The molecule has 0 spiro atoms. The molecule has 4 rings (SSSR count). The molecule has 1 N–H and O–H groups in total. The second kappa shape index (κ2) is 6.00. The molecule has 0 radical (unpaired) electrons. The van der Waals surface area contributed by atoms with Crippen LogP contribution in [0.15, 0.2) is 36.7 Å². The number of nitrogens with zero attached hydrogens (tertiary/aromatic N) is 2. The van der Waals surface area contributed by atoms with Gasteiger partial charge in [0.05, 0.1) is 7.11 Å². The summed E-state index contributed by atoms with van der Waals surface area (Å²) in [5.41, 5.74) is 3.37. The molecule has 1 unspecified atom stereocenters. The summed E-state index contributed by atoms with van der Waals surface area (Å²) in [4.78, 5) is 0. The van der Waals surface area contributed by atoms with Gasteiger partial charge >= 0.3 is 0 Å². The van der Waals surface area contributed by atoms with E-state index in [4.69, 9.17) is 4.74 Å². The third-order valence-corrected chi connectivity index (χ3v) is 5.42. The number of ether oxygens (including phenoxy) is 1. The van der Waals surface area contributed by atoms with Crippen LogP contribution < -0.4 is 10.1 Å². The topological polar surface area (TPSA) is 39.1 Å². The van der Waals surface area contributed by atoms with Crippen LogP contribution in [0.3, 0.4) is 0 Å². The molecule has 1 aromatic carbocycles. The predicted octanol–water partition coefficient (Wildman–Crippen LogP) is 2.82. The van der Waals surface area contributed by atoms with Crippen LogP contribution in [0.2, 0.25) is 0 Å². The van der Waals surface area contributed by atoms with Gasteiger partial charge in [-0.3, -0.25) is 4.68 Å². The second-order valence-corrected chi connectivity index (χ2v) is 7.16. The number of hydrogen-bond donors (Lipinski definition) is 1. The summed E-state index contributed by atoms with van der Waals surface area (Å²) in [6.07, 6.45) is 10.1. The minimum Gasteiger partial charge on any atom is -0.497 e. The van der Waals surface area contributed by atoms with Crippen molar-refractivity contribution in [3.63, 3.8) is 0 Å². The van der Waals surface area contributed by atoms with Gasteiger partial charge in [0.1, 0.15) is 5.75 Å². The Hall–Kier alpha value is -1.81. The van der Waals surface area contributed by atoms with Crippen LogP contribution in [-0.4, -0.2) is 29.5 Å². The summed E-state index contributed by atoms with van der Waals surface area (Å²) >= 11 is 0. The molecular weight excluding hydrogens is 286 g/mol. The highest BCUT2D eigenvalue weighted by Gasteiger charge is 2.43. The quantitative estimate of drug-likeness (QED) is 0.891. The van der Waals surface area contributed by atoms with Crippen molar-refractivity contribution in [1.29, 1.82) is 0 Å². The highest BCUT2D eigenvalue weighted by atomic mass is 16.5. The summed E-state index contributed by atoms with van der Waals surface area (Å²) < 4.78 is 7.45. The number of aryl methyl sites for hydroxylation is 1. The summed E-state index contributed by atoms with van der Waals surface area (Å²) in [7, 11) is 1.74. The molecule has 2 aliphatic carbocycles. The van der Waals surface area contributed by atoms with Crippen LogP contribution in [0, 0.1) is 5.41 Å². The van der Waals surface area contributed by atoms with Gasteiger partial charge in [0.25, 0.3) is 0 Å². The molecule has 2 aliphatic rings. The lowest BCUT2D eigenvalue weighted by atomic mass is 9.88. The summed E-state index contributed by atoms with van der Waals surface area (Å²) in [6.45, 7) is 2.15. The maximum absolute atomic E-state index is 5.37. The van der Waals surface area contributed by atoms with E-state index in [-0.39, 0.29) is 0 Å². The molecular formula is C19H25N3O. The SMILES string of the molecule is COc1ccc2c(c1)CC(NCC1(Cn3cccn3)CC1)CC2. The van der Waals surface area contributed by atoms with Crippen molar-refractivity contribution in [2.24, 2.45) is 5.41 Å². The number of aromatic nitrogens is 2. The van der Waals surface area contributed by atoms with Crippen molar-refractivity contribution in [2.45, 2.75) is 44.7 Å². The lowest BCUT2D eigenvalue weighted by Gasteiger charge is -2.28. The molecule has 1 saturated carbocycles. The fourth-order valence-electron chi connectivity index (χ4n) is 3.70. The first kappa shape index (κ1) is 14.8. The molecule has 122 valence electrons. The van der Waals surface area contributed by atoms with E-state index in [1.54, 1.807) is 7.11 Å². The predicted molar refractivity (Wildman–Crippen MR) is 90.7 cm³/mol. The molecule has 1 heterocycles. The van der Waals surface area contributed by atoms with Gasteiger partial charge in [-0.25, -0.2) is 0 Å². The average molecular weight is 311 g/mol. The van der Waals surface area contributed by atoms with E-state index >= 15 is 0 Å². The third kappa shape index (κ3) is 3.27. The molecule has 0 aliphatic heterocycles. The summed E-state index contributed by atoms with van der Waals surface area (Å²) in [5.74, 6) is 0.974. The van der Waals surface area contributed by atoms with Crippen molar-refractivity contribution in [1.82, 2.24) is 15.1 Å². The Labute approximate surface area is 137 Å². The van der Waals surface area contributed by atoms with Gasteiger partial charge in [-0.1, -0.05) is 6.07 Å². The smallest absolute Gasteiger partial charge is 0.119 e. The molecule has 4 heteroatoms. The fraction of sp³-hybridized carbons (Fsp3) is 0.526. The Morgan fingerprint density at radius 2 is 2.26 bits per heavy atom. The minimum absolute atomic E-state index is 0.431. The molecule has 1 fully saturated rings. The first-order valence-electron chi connectivity index (χ1n) is 8.63. The van der Waals surface area contributed by atoms with Crippen molar-refractivity contribution in [2.75, 3.05) is 13.7 Å². The number of benzene rings is 1. The first-order chi connectivity index (χ1) is 11.3. The Kier molecular flexibility index (Phi) is 3.85. The Bertz CT molecular complexity index is 661. The van der Waals surface area contributed by atoms with Crippen molar-refractivity contribution in [3.05, 3.63) is 47.8 Å². The summed E-state index contributed by atoms with van der Waals surface area (Å²) in [5, 5.41) is 8.19. The molecule has 0 bridgehead atoms. The van der Waals surface area contributed by atoms with Crippen molar-refractivity contribution in [3.8, 4) is 5.75 Å². The second-order valence-electron chi connectivity index (χ2n) is 7.16. The molecule has 0 saturated heterocycles. The molecule has 1 atom stereocenters. The van der Waals surface area contributed by atoms with E-state index in [0.717, 1.165) is 25.3 Å². The molecule has 23 heavy (non-hydrogen) atoms. The highest BCUT2D eigenvalue weighted by Crippen LogP contribution is 2.46. The number of methoxy groups -OCH3 is 1. The molecule has 2 aromatic rings. The first-order valence-corrected chi connectivity index (χ1v) is 8.63. The lowest BCUT2D eigenvalue weighted by Crippen LogP contribution is -2.39. The third-order valence-electron chi connectivity index (χ3n) is 5.42. The zero-order valence-electron chi connectivity index (χ0n) is 13.8. The van der Waals surface area contributed by atoms with Gasteiger partial charge in [-0.15, -0.1) is 0 Å². The van der Waals surface area contributed by atoms with Crippen LogP contribution in [0.4, 0.5) is 0 Å². The van der Waals surface area contributed by atoms with Gasteiger partial charge in [-0.05, 0) is 61.4 Å². The lowest BCUT2D eigenvalue weighted by molar-refractivity contribution is 0.338. The van der Waals surface area contributed by atoms with Crippen LogP contribution >= 0.6 is 0 Å². The van der Waals surface area contributed by atoms with Crippen molar-refractivity contribution >= 4 is 0 Å². The number of fused-ring (bicyclic) bond motifs is 1. The molecule has 4 nitrogen and oxygen atoms in total. The van der Waals surface area contributed by atoms with Gasteiger partial charge in [0.15, 0.2) is 0 Å². The van der Waals surface area contributed by atoms with E-state index in [9.17, 15) is 0 Å². The highest BCUT2D eigenvalue weighted by molar-refractivity contribution is 5.37. The van der Waals surface area contributed by atoms with Crippen LogP contribution in [-0.2, 0) is 19.4 Å². The largest absolute Gasteiger partial charge is 0.497 e. The Balaban J connectivity index is 1.35. The minimum atomic E-state index is 0.431. The fourth-order valence-corrected chi connectivity index (χ4v) is 3.70. The molecule has 1 aromatic heterocycles. The standard InChI is InChI=1S/C19H25N3O/c1-23-18-6-4-15-3-5-17(11-16(15)12-18)20-13-19(7-8-19)14-22-10-2-9-21-22/h2,4,6,9-10,12,17,20H,3,5,7-8,11,13-14H2,1H3. The maximum atomic E-state index is 5.37. The van der Waals surface area contributed by atoms with E-state index in [1.165, 1.54) is 36.8 Å². The van der Waals surface area contributed by atoms with Crippen LogP contribution in [0.25, 0.3) is 0 Å². The average Bonchev–Trinajstić information content (AvgIpc) is 3.15. The van der Waals surface area contributed by atoms with E-state index in [2.05, 4.69) is 39.5 Å². The van der Waals surface area contributed by atoms with E-state index in [0.29, 0.717) is 11.5 Å². The Morgan fingerprint density at radius 1 is 1.35 bits per heavy atom. The Morgan fingerprint density at radius 3 is 3.00 bits per heavy atom. The van der Waals surface area contributed by atoms with Crippen LogP contribution in [0.1, 0.15) is 30.4 Å². The normalized spacial score (nSPS) is 21.7. The monoisotopic (exact) mass is 311 g/mol. The summed E-state index contributed by atoms with van der Waals surface area (Å²) in [6, 6.07) is 9.11. The number of hydrogen-bond acceptors (Lipinski definition) is 3. The maximum Gasteiger partial charge on any atom is 0.119 e. The van der Waals surface area contributed by atoms with Gasteiger partial charge in [-0.2, -0.15) is 5.10 Å². The van der Waals surface area contributed by atoms with E-state index in [1.807, 2.05) is 12.3 Å². The van der Waals surface area contributed by atoms with Crippen LogP contribution in [0.5, 0.6) is 5.75 Å². The van der Waals surface area contributed by atoms with Gasteiger partial charge in [0, 0.05) is 36.9 Å². The zero-order chi connectivity index (χ0) is 15.7. The van der Waals surface area contributed by atoms with Gasteiger partial charge in [0.2, 0.25) is 0 Å². The van der Waals surface area contributed by atoms with Crippen molar-refractivity contribution < 1.29 is 4.74 Å². The van der Waals surface area contributed by atoms with Gasteiger partial charge < -0.3 is 10.1 Å². The number of rotatable bonds is 6. The number of nitrogens with one attached hydrogen (secondary N) is 1.